The van der Waals surface area contributed by atoms with Crippen LogP contribution >= 0.6 is 11.6 Å². The van der Waals surface area contributed by atoms with Crippen molar-refractivity contribution in [3.05, 3.63) is 64.7 Å². The molecule has 0 radical (unpaired) electrons. The van der Waals surface area contributed by atoms with Gasteiger partial charge in [-0.1, -0.05) is 29.5 Å². The van der Waals surface area contributed by atoms with Crippen molar-refractivity contribution in [1.82, 2.24) is 0 Å². The van der Waals surface area contributed by atoms with Crippen molar-refractivity contribution in [1.29, 1.82) is 0 Å². The quantitative estimate of drug-likeness (QED) is 0.430. The van der Waals surface area contributed by atoms with Crippen LogP contribution in [0.2, 0.25) is 5.02 Å². The van der Waals surface area contributed by atoms with E-state index in [-0.39, 0.29) is 13.0 Å². The van der Waals surface area contributed by atoms with Gasteiger partial charge in [0.25, 0.3) is 0 Å². The van der Waals surface area contributed by atoms with E-state index in [1.165, 1.54) is 0 Å². The van der Waals surface area contributed by atoms with Crippen LogP contribution in [0.3, 0.4) is 0 Å². The second-order valence-electron chi connectivity index (χ2n) is 6.79. The summed E-state index contributed by atoms with van der Waals surface area (Å²) in [5, 5.41) is 9.62. The molecular formula is C26H29ClO6. The second kappa shape index (κ2) is 14.1. The van der Waals surface area contributed by atoms with Gasteiger partial charge in [0.2, 0.25) is 0 Å². The van der Waals surface area contributed by atoms with Gasteiger partial charge in [0.15, 0.2) is 6.10 Å². The van der Waals surface area contributed by atoms with E-state index in [1.54, 1.807) is 37.3 Å². The Morgan fingerprint density at radius 2 is 1.73 bits per heavy atom. The van der Waals surface area contributed by atoms with Crippen molar-refractivity contribution in [2.45, 2.75) is 33.3 Å². The summed E-state index contributed by atoms with van der Waals surface area (Å²) in [5.74, 6) is 6.97. The molecule has 0 aliphatic carbocycles. The third-order valence-corrected chi connectivity index (χ3v) is 4.61. The van der Waals surface area contributed by atoms with Crippen LogP contribution in [0.1, 0.15) is 31.9 Å². The molecule has 1 N–H and O–H groups in total. The fourth-order valence-corrected chi connectivity index (χ4v) is 3.19. The van der Waals surface area contributed by atoms with E-state index in [1.807, 2.05) is 32.0 Å². The SMILES string of the molecule is CCOc1cc(C#C/C=C\COc2ccc(CC(OCC)C(=O)O)cc2Cl)cc(OCC)c1. The minimum Gasteiger partial charge on any atom is -0.494 e. The van der Waals surface area contributed by atoms with Crippen LogP contribution in [0.15, 0.2) is 48.6 Å². The zero-order chi connectivity index (χ0) is 24.1. The maximum absolute atomic E-state index is 11.2. The molecule has 0 heterocycles. The molecule has 7 heteroatoms. The molecule has 6 nitrogen and oxygen atoms in total. The summed E-state index contributed by atoms with van der Waals surface area (Å²) in [5.41, 5.74) is 1.55. The smallest absolute Gasteiger partial charge is 0.333 e. The minimum absolute atomic E-state index is 0.230. The van der Waals surface area contributed by atoms with E-state index < -0.39 is 12.1 Å². The molecule has 0 fully saturated rings. The first-order valence-corrected chi connectivity index (χ1v) is 11.2. The Labute approximate surface area is 200 Å². The average molecular weight is 473 g/mol. The van der Waals surface area contributed by atoms with E-state index in [4.69, 9.17) is 30.5 Å². The second-order valence-corrected chi connectivity index (χ2v) is 7.20. The number of hydrogen-bond donors (Lipinski definition) is 1. The Hall–Kier alpha value is -3.14. The Bertz CT molecular complexity index is 981. The molecule has 0 aliphatic heterocycles. The van der Waals surface area contributed by atoms with Crippen molar-refractivity contribution in [2.75, 3.05) is 26.4 Å². The molecular weight excluding hydrogens is 444 g/mol. The maximum Gasteiger partial charge on any atom is 0.333 e. The number of halogens is 1. The Morgan fingerprint density at radius 3 is 2.30 bits per heavy atom. The van der Waals surface area contributed by atoms with Gasteiger partial charge in [-0.05, 0) is 62.8 Å². The Kier molecular flexibility index (Phi) is 11.2. The lowest BCUT2D eigenvalue weighted by Gasteiger charge is -2.13. The number of rotatable bonds is 12. The molecule has 2 aromatic rings. The Morgan fingerprint density at radius 1 is 1.03 bits per heavy atom. The van der Waals surface area contributed by atoms with Crippen molar-refractivity contribution < 1.29 is 28.8 Å². The van der Waals surface area contributed by atoms with Crippen LogP contribution in [-0.4, -0.2) is 43.6 Å². The number of ether oxygens (including phenoxy) is 4. The highest BCUT2D eigenvalue weighted by molar-refractivity contribution is 6.32. The van der Waals surface area contributed by atoms with Crippen LogP contribution < -0.4 is 14.2 Å². The van der Waals surface area contributed by atoms with Crippen LogP contribution in [0, 0.1) is 11.8 Å². The number of benzene rings is 2. The number of aliphatic carboxylic acids is 1. The largest absolute Gasteiger partial charge is 0.494 e. The molecule has 0 saturated carbocycles. The van der Waals surface area contributed by atoms with E-state index in [2.05, 4.69) is 11.8 Å². The van der Waals surface area contributed by atoms with Gasteiger partial charge >= 0.3 is 5.97 Å². The summed E-state index contributed by atoms with van der Waals surface area (Å²) in [6, 6.07) is 10.8. The first-order chi connectivity index (χ1) is 16.0. The summed E-state index contributed by atoms with van der Waals surface area (Å²) >= 11 is 6.28. The molecule has 0 saturated heterocycles. The lowest BCUT2D eigenvalue weighted by Crippen LogP contribution is -2.26. The monoisotopic (exact) mass is 472 g/mol. The highest BCUT2D eigenvalue weighted by Gasteiger charge is 2.18. The summed E-state index contributed by atoms with van der Waals surface area (Å²) in [4.78, 5) is 11.2. The molecule has 1 unspecified atom stereocenters. The predicted octanol–water partition coefficient (Wildman–Crippen LogP) is 5.16. The molecule has 33 heavy (non-hydrogen) atoms. The number of carbonyl (C=O) groups is 1. The van der Waals surface area contributed by atoms with Crippen molar-refractivity contribution in [2.24, 2.45) is 0 Å². The van der Waals surface area contributed by atoms with Crippen molar-refractivity contribution in [3.8, 4) is 29.1 Å². The highest BCUT2D eigenvalue weighted by atomic mass is 35.5. The van der Waals surface area contributed by atoms with Crippen LogP contribution in [-0.2, 0) is 16.0 Å². The molecule has 0 bridgehead atoms. The zero-order valence-corrected chi connectivity index (χ0v) is 19.9. The lowest BCUT2D eigenvalue weighted by molar-refractivity contribution is -0.149. The van der Waals surface area contributed by atoms with Crippen molar-refractivity contribution in [3.63, 3.8) is 0 Å². The molecule has 0 amide bonds. The molecule has 176 valence electrons. The van der Waals surface area contributed by atoms with E-state index in [9.17, 15) is 9.90 Å². The van der Waals surface area contributed by atoms with Crippen LogP contribution in [0.5, 0.6) is 17.2 Å². The molecule has 1 atom stereocenters. The summed E-state index contributed by atoms with van der Waals surface area (Å²) in [7, 11) is 0. The molecule has 0 aliphatic rings. The fraction of sp³-hybridized carbons (Fsp3) is 0.346. The van der Waals surface area contributed by atoms with Gasteiger partial charge in [-0.15, -0.1) is 0 Å². The highest BCUT2D eigenvalue weighted by Crippen LogP contribution is 2.26. The molecule has 2 rings (SSSR count). The number of carboxylic acid groups (broad SMARTS) is 1. The number of allylic oxidation sites excluding steroid dienone is 1. The van der Waals surface area contributed by atoms with Gasteiger partial charge in [-0.25, -0.2) is 4.79 Å². The molecule has 0 spiro atoms. The summed E-state index contributed by atoms with van der Waals surface area (Å²) in [6.45, 7) is 7.35. The Balaban J connectivity index is 1.94. The van der Waals surface area contributed by atoms with E-state index in [0.717, 1.165) is 11.1 Å². The summed E-state index contributed by atoms with van der Waals surface area (Å²) in [6.07, 6.45) is 2.81. The maximum atomic E-state index is 11.2. The fourth-order valence-electron chi connectivity index (χ4n) is 2.93. The molecule has 0 aromatic heterocycles. The lowest BCUT2D eigenvalue weighted by atomic mass is 10.1. The van der Waals surface area contributed by atoms with Gasteiger partial charge in [0.05, 0.1) is 18.2 Å². The zero-order valence-electron chi connectivity index (χ0n) is 19.1. The minimum atomic E-state index is -1.00. The first-order valence-electron chi connectivity index (χ1n) is 10.8. The van der Waals surface area contributed by atoms with Gasteiger partial charge in [-0.3, -0.25) is 0 Å². The van der Waals surface area contributed by atoms with Crippen LogP contribution in [0.4, 0.5) is 0 Å². The van der Waals surface area contributed by atoms with Gasteiger partial charge in [0, 0.05) is 24.7 Å². The van der Waals surface area contributed by atoms with E-state index in [0.29, 0.717) is 42.1 Å². The van der Waals surface area contributed by atoms with Gasteiger partial charge < -0.3 is 24.1 Å². The normalized spacial score (nSPS) is 11.5. The van der Waals surface area contributed by atoms with Gasteiger partial charge in [-0.2, -0.15) is 0 Å². The third kappa shape index (κ3) is 9.09. The average Bonchev–Trinajstić information content (AvgIpc) is 2.77. The first kappa shape index (κ1) is 26.1. The van der Waals surface area contributed by atoms with Crippen molar-refractivity contribution >= 4 is 17.6 Å². The molecule has 2 aromatic carbocycles. The standard InChI is InChI=1S/C26H29ClO6/c1-4-30-21-14-19(15-22(18-21)31-5-2)10-8-7-9-13-33-24-12-11-20(16-23(24)27)17-25(26(28)29)32-6-3/h7,9,11-12,14-16,18,25H,4-6,13,17H2,1-3H3,(H,28,29)/b9-7-. The topological polar surface area (TPSA) is 74.2 Å². The summed E-state index contributed by atoms with van der Waals surface area (Å²) < 4.78 is 22.0. The third-order valence-electron chi connectivity index (χ3n) is 4.32. The van der Waals surface area contributed by atoms with Crippen LogP contribution in [0.25, 0.3) is 0 Å². The predicted molar refractivity (Wildman–Crippen MR) is 128 cm³/mol. The number of hydrogen-bond acceptors (Lipinski definition) is 5. The number of carboxylic acids is 1. The van der Waals surface area contributed by atoms with Gasteiger partial charge in [0.1, 0.15) is 23.9 Å². The van der Waals surface area contributed by atoms with E-state index >= 15 is 0 Å².